The Balaban J connectivity index is 1.70. The van der Waals surface area contributed by atoms with Crippen molar-refractivity contribution in [3.63, 3.8) is 0 Å². The van der Waals surface area contributed by atoms with Gasteiger partial charge in [-0.05, 0) is 24.3 Å². The van der Waals surface area contributed by atoms with Crippen molar-refractivity contribution in [2.75, 3.05) is 39.5 Å². The Morgan fingerprint density at radius 1 is 1.19 bits per heavy atom. The molecule has 0 radical (unpaired) electrons. The van der Waals surface area contributed by atoms with Crippen LogP contribution >= 0.6 is 0 Å². The first kappa shape index (κ1) is 19.6. The topological polar surface area (TPSA) is 108 Å². The number of benzene rings is 1. The van der Waals surface area contributed by atoms with E-state index in [1.807, 2.05) is 4.90 Å². The minimum absolute atomic E-state index is 0.0564. The zero-order valence-corrected chi connectivity index (χ0v) is 14.9. The molecule has 2 aliphatic heterocycles. The molecule has 1 aromatic carbocycles. The predicted molar refractivity (Wildman–Crippen MR) is 89.5 cm³/mol. The first-order valence-electron chi connectivity index (χ1n) is 8.44. The molecular weight excluding hydrogens is 367 g/mol. The molecule has 0 saturated carbocycles. The lowest BCUT2D eigenvalue weighted by molar-refractivity contribution is -0.0207. The average molecular weight is 390 g/mol. The third-order valence-corrected chi connectivity index (χ3v) is 6.15. The molecule has 2 fully saturated rings. The van der Waals surface area contributed by atoms with Gasteiger partial charge < -0.3 is 19.7 Å². The van der Waals surface area contributed by atoms with Crippen LogP contribution in [0.1, 0.15) is 0 Å². The summed E-state index contributed by atoms with van der Waals surface area (Å²) in [6.45, 7) is 1.77. The predicted octanol–water partition coefficient (Wildman–Crippen LogP) is -1.07. The van der Waals surface area contributed by atoms with Gasteiger partial charge >= 0.3 is 0 Å². The standard InChI is InChI=1S/C16H23FN2O6S/c17-11-1-3-12(4-2-11)26(22,23)18-9-13-15(16(21)14(10-20)25-13)19-5-7-24-8-6-19/h1-4,13-16,18,20-21H,5-10H2/t13-,14+,15+,16-/m1/s1. The minimum atomic E-state index is -3.84. The number of aliphatic hydroxyl groups is 2. The quantitative estimate of drug-likeness (QED) is 0.567. The van der Waals surface area contributed by atoms with E-state index in [0.717, 1.165) is 12.1 Å². The van der Waals surface area contributed by atoms with Gasteiger partial charge in [-0.2, -0.15) is 0 Å². The molecule has 3 N–H and O–H groups in total. The Bertz CT molecular complexity index is 695. The molecule has 0 amide bonds. The highest BCUT2D eigenvalue weighted by Gasteiger charge is 2.46. The number of hydrogen-bond acceptors (Lipinski definition) is 7. The number of nitrogens with one attached hydrogen (secondary N) is 1. The van der Waals surface area contributed by atoms with Crippen LogP contribution in [0.2, 0.25) is 0 Å². The van der Waals surface area contributed by atoms with Crippen molar-refractivity contribution in [2.45, 2.75) is 29.2 Å². The van der Waals surface area contributed by atoms with Gasteiger partial charge in [0.05, 0.1) is 36.9 Å². The Labute approximate surface area is 151 Å². The van der Waals surface area contributed by atoms with Gasteiger partial charge in [-0.15, -0.1) is 0 Å². The van der Waals surface area contributed by atoms with Gasteiger partial charge in [-0.1, -0.05) is 0 Å². The van der Waals surface area contributed by atoms with Gasteiger partial charge in [0.25, 0.3) is 0 Å². The van der Waals surface area contributed by atoms with Crippen LogP contribution in [0.15, 0.2) is 29.2 Å². The van der Waals surface area contributed by atoms with Crippen molar-refractivity contribution >= 4 is 10.0 Å². The van der Waals surface area contributed by atoms with E-state index in [9.17, 15) is 23.0 Å². The first-order chi connectivity index (χ1) is 12.4. The van der Waals surface area contributed by atoms with Crippen LogP contribution < -0.4 is 4.72 Å². The van der Waals surface area contributed by atoms with Crippen molar-refractivity contribution in [3.05, 3.63) is 30.1 Å². The summed E-state index contributed by atoms with van der Waals surface area (Å²) in [6, 6.07) is 4.05. The van der Waals surface area contributed by atoms with Crippen LogP contribution in [-0.4, -0.2) is 87.3 Å². The maximum absolute atomic E-state index is 13.0. The second-order valence-electron chi connectivity index (χ2n) is 6.33. The highest BCUT2D eigenvalue weighted by molar-refractivity contribution is 7.89. The van der Waals surface area contributed by atoms with Crippen molar-refractivity contribution < 1.29 is 32.5 Å². The van der Waals surface area contributed by atoms with Gasteiger partial charge in [-0.3, -0.25) is 4.90 Å². The maximum Gasteiger partial charge on any atom is 0.240 e. The van der Waals surface area contributed by atoms with Crippen LogP contribution in [0.4, 0.5) is 4.39 Å². The molecule has 146 valence electrons. The monoisotopic (exact) mass is 390 g/mol. The first-order valence-corrected chi connectivity index (χ1v) is 9.92. The Kier molecular flexibility index (Phi) is 6.23. The van der Waals surface area contributed by atoms with Gasteiger partial charge in [0.1, 0.15) is 18.0 Å². The van der Waals surface area contributed by atoms with Crippen molar-refractivity contribution in [1.29, 1.82) is 0 Å². The maximum atomic E-state index is 13.0. The Morgan fingerprint density at radius 2 is 1.85 bits per heavy atom. The van der Waals surface area contributed by atoms with Crippen LogP contribution in [0.25, 0.3) is 0 Å². The summed E-state index contributed by atoms with van der Waals surface area (Å²) in [4.78, 5) is 1.93. The number of ether oxygens (including phenoxy) is 2. The van der Waals surface area contributed by atoms with E-state index in [2.05, 4.69) is 4.72 Å². The molecule has 0 spiro atoms. The molecule has 0 aromatic heterocycles. The van der Waals surface area contributed by atoms with Crippen LogP contribution in [0, 0.1) is 5.82 Å². The number of sulfonamides is 1. The van der Waals surface area contributed by atoms with Crippen LogP contribution in [-0.2, 0) is 19.5 Å². The summed E-state index contributed by atoms with van der Waals surface area (Å²) in [5, 5.41) is 19.9. The Morgan fingerprint density at radius 3 is 2.46 bits per heavy atom. The number of nitrogens with zero attached hydrogens (tertiary/aromatic N) is 1. The fraction of sp³-hybridized carbons (Fsp3) is 0.625. The van der Waals surface area contributed by atoms with Gasteiger partial charge in [-0.25, -0.2) is 17.5 Å². The van der Waals surface area contributed by atoms with Gasteiger partial charge in [0.2, 0.25) is 10.0 Å². The van der Waals surface area contributed by atoms with E-state index in [-0.39, 0.29) is 18.0 Å². The number of morpholine rings is 1. The van der Waals surface area contributed by atoms with Crippen molar-refractivity contribution in [1.82, 2.24) is 9.62 Å². The number of hydrogen-bond donors (Lipinski definition) is 3. The van der Waals surface area contributed by atoms with Crippen LogP contribution in [0.3, 0.4) is 0 Å². The van der Waals surface area contributed by atoms with E-state index >= 15 is 0 Å². The molecule has 10 heteroatoms. The molecule has 3 rings (SSSR count). The molecule has 0 bridgehead atoms. The normalized spacial score (nSPS) is 30.6. The lowest BCUT2D eigenvalue weighted by atomic mass is 10.0. The largest absolute Gasteiger partial charge is 0.394 e. The second kappa shape index (κ2) is 8.26. The fourth-order valence-corrected chi connectivity index (χ4v) is 4.41. The molecular formula is C16H23FN2O6S. The molecule has 0 unspecified atom stereocenters. The minimum Gasteiger partial charge on any atom is -0.394 e. The highest BCUT2D eigenvalue weighted by atomic mass is 32.2. The zero-order valence-electron chi connectivity index (χ0n) is 14.1. The lowest BCUT2D eigenvalue weighted by Gasteiger charge is -2.36. The van der Waals surface area contributed by atoms with E-state index < -0.39 is 40.2 Å². The van der Waals surface area contributed by atoms with Gasteiger partial charge in [0.15, 0.2) is 0 Å². The summed E-state index contributed by atoms with van der Waals surface area (Å²) in [5.74, 6) is -0.524. The SMILES string of the molecule is O=S(=O)(NC[C@H]1O[C@@H](CO)[C@@H](O)[C@H]1N1CCOCC1)c1ccc(F)cc1. The molecule has 26 heavy (non-hydrogen) atoms. The highest BCUT2D eigenvalue weighted by Crippen LogP contribution is 2.26. The van der Waals surface area contributed by atoms with E-state index in [4.69, 9.17) is 9.47 Å². The van der Waals surface area contributed by atoms with E-state index in [1.165, 1.54) is 12.1 Å². The number of aliphatic hydroxyl groups excluding tert-OH is 2. The summed E-state index contributed by atoms with van der Waals surface area (Å²) in [6.07, 6.45) is -2.34. The molecule has 2 saturated heterocycles. The summed E-state index contributed by atoms with van der Waals surface area (Å²) < 4.78 is 51.2. The van der Waals surface area contributed by atoms with E-state index in [0.29, 0.717) is 26.3 Å². The average Bonchev–Trinajstić information content (AvgIpc) is 2.97. The van der Waals surface area contributed by atoms with Crippen molar-refractivity contribution in [2.24, 2.45) is 0 Å². The molecule has 1 aromatic rings. The molecule has 0 aliphatic carbocycles. The summed E-state index contributed by atoms with van der Waals surface area (Å²) >= 11 is 0. The number of rotatable bonds is 6. The summed E-state index contributed by atoms with van der Waals surface area (Å²) in [7, 11) is -3.84. The third kappa shape index (κ3) is 4.22. The van der Waals surface area contributed by atoms with E-state index in [1.54, 1.807) is 0 Å². The van der Waals surface area contributed by atoms with Gasteiger partial charge in [0, 0.05) is 19.6 Å². The third-order valence-electron chi connectivity index (χ3n) is 4.71. The van der Waals surface area contributed by atoms with Crippen molar-refractivity contribution in [3.8, 4) is 0 Å². The fourth-order valence-electron chi connectivity index (χ4n) is 3.36. The molecule has 8 nitrogen and oxygen atoms in total. The molecule has 2 heterocycles. The van der Waals surface area contributed by atoms with Crippen LogP contribution in [0.5, 0.6) is 0 Å². The number of halogens is 1. The smallest absolute Gasteiger partial charge is 0.240 e. The summed E-state index contributed by atoms with van der Waals surface area (Å²) in [5.41, 5.74) is 0. The Hall–Kier alpha value is -1.14. The molecule has 2 aliphatic rings. The second-order valence-corrected chi connectivity index (χ2v) is 8.10. The zero-order chi connectivity index (χ0) is 18.7. The lowest BCUT2D eigenvalue weighted by Crippen LogP contribution is -2.54. The molecule has 4 atom stereocenters.